The molecule has 432 valence electrons. The Hall–Kier alpha value is -1.66. The number of unbranched alkanes of at least 4 members (excludes halogenated alkanes) is 47. The highest BCUT2D eigenvalue weighted by atomic mass is 16.5. The Kier molecular flexibility index (Phi) is 61.4. The van der Waals surface area contributed by atoms with Crippen LogP contribution in [0.25, 0.3) is 0 Å². The average molecular weight is 1030 g/mol. The van der Waals surface area contributed by atoms with Crippen molar-refractivity contribution in [2.75, 3.05) is 13.2 Å². The van der Waals surface area contributed by atoms with Crippen molar-refractivity contribution in [1.82, 2.24) is 5.32 Å². The fourth-order valence-electron chi connectivity index (χ4n) is 10.4. The third-order valence-corrected chi connectivity index (χ3v) is 15.5. The summed E-state index contributed by atoms with van der Waals surface area (Å²) in [5, 5.41) is 23.4. The van der Waals surface area contributed by atoms with Gasteiger partial charge in [0.1, 0.15) is 0 Å². The van der Waals surface area contributed by atoms with Crippen molar-refractivity contribution in [3.8, 4) is 0 Å². The summed E-state index contributed by atoms with van der Waals surface area (Å²) in [6, 6.07) is -0.541. The summed E-state index contributed by atoms with van der Waals surface area (Å²) in [5.74, 6) is -0.0302. The second kappa shape index (κ2) is 62.9. The Morgan fingerprint density at radius 3 is 1.07 bits per heavy atom. The molecule has 2 unspecified atom stereocenters. The predicted molar refractivity (Wildman–Crippen MR) is 320 cm³/mol. The minimum absolute atomic E-state index is 0.00105. The highest BCUT2D eigenvalue weighted by Crippen LogP contribution is 2.19. The zero-order valence-electron chi connectivity index (χ0n) is 49.4. The molecular formula is C67H129NO5. The quantitative estimate of drug-likeness (QED) is 0.0320. The first kappa shape index (κ1) is 71.3. The van der Waals surface area contributed by atoms with Crippen molar-refractivity contribution in [2.24, 2.45) is 0 Å². The lowest BCUT2D eigenvalue weighted by molar-refractivity contribution is -0.143. The number of ether oxygens (including phenoxy) is 1. The molecule has 0 aromatic heterocycles. The first-order valence-electron chi connectivity index (χ1n) is 33.1. The number of carbonyl (C=O) groups excluding carboxylic acids is 2. The molecule has 0 aromatic carbocycles. The molecule has 0 heterocycles. The van der Waals surface area contributed by atoms with Crippen LogP contribution in [0.2, 0.25) is 0 Å². The third kappa shape index (κ3) is 59.4. The summed E-state index contributed by atoms with van der Waals surface area (Å²) in [5.41, 5.74) is 0. The largest absolute Gasteiger partial charge is 0.466 e. The van der Waals surface area contributed by atoms with Crippen LogP contribution in [0, 0.1) is 0 Å². The smallest absolute Gasteiger partial charge is 0.305 e. The predicted octanol–water partition coefficient (Wildman–Crippen LogP) is 21.0. The number of hydrogen-bond acceptors (Lipinski definition) is 5. The van der Waals surface area contributed by atoms with Crippen LogP contribution in [-0.4, -0.2) is 47.4 Å². The molecule has 3 N–H and O–H groups in total. The van der Waals surface area contributed by atoms with E-state index in [-0.39, 0.29) is 18.5 Å². The highest BCUT2D eigenvalue weighted by molar-refractivity contribution is 5.76. The maximum atomic E-state index is 12.5. The number of amides is 1. The molecule has 0 saturated carbocycles. The van der Waals surface area contributed by atoms with E-state index in [9.17, 15) is 19.8 Å². The molecule has 73 heavy (non-hydrogen) atoms. The van der Waals surface area contributed by atoms with Gasteiger partial charge in [-0.1, -0.05) is 321 Å². The fourth-order valence-corrected chi connectivity index (χ4v) is 10.4. The number of nitrogens with one attached hydrogen (secondary N) is 1. The minimum Gasteiger partial charge on any atom is -0.466 e. The van der Waals surface area contributed by atoms with Gasteiger partial charge in [0, 0.05) is 12.8 Å². The number of rotatable bonds is 62. The molecule has 6 heteroatoms. The highest BCUT2D eigenvalue weighted by Gasteiger charge is 2.20. The standard InChI is InChI=1S/C67H129NO5/c1-3-5-7-9-11-13-15-17-19-20-28-32-35-39-43-47-51-55-59-65(70)64(63-69)68-66(71)60-56-52-48-44-40-36-33-29-26-24-22-21-23-25-27-30-34-38-42-46-50-54-58-62-73-67(72)61-57-53-49-45-41-37-31-18-16-14-12-10-8-6-4-2/h12,14,18,31,64-65,69-70H,3-11,13,15-17,19-30,32-63H2,1-2H3,(H,68,71)/b14-12-,31-18-. The van der Waals surface area contributed by atoms with Gasteiger partial charge in [-0.2, -0.15) is 0 Å². The van der Waals surface area contributed by atoms with Crippen LogP contribution in [0.4, 0.5) is 0 Å². The Labute approximate surface area is 456 Å². The van der Waals surface area contributed by atoms with Gasteiger partial charge < -0.3 is 20.3 Å². The third-order valence-electron chi connectivity index (χ3n) is 15.5. The minimum atomic E-state index is -0.664. The van der Waals surface area contributed by atoms with Gasteiger partial charge in [-0.15, -0.1) is 0 Å². The second-order valence-corrected chi connectivity index (χ2v) is 22.8. The van der Waals surface area contributed by atoms with Crippen LogP contribution in [0.3, 0.4) is 0 Å². The Morgan fingerprint density at radius 1 is 0.384 bits per heavy atom. The van der Waals surface area contributed by atoms with Crippen LogP contribution in [0.15, 0.2) is 24.3 Å². The van der Waals surface area contributed by atoms with Gasteiger partial charge in [0.05, 0.1) is 25.4 Å². The number of aliphatic hydroxyl groups is 2. The van der Waals surface area contributed by atoms with Crippen molar-refractivity contribution >= 4 is 11.9 Å². The molecule has 2 atom stereocenters. The molecule has 0 saturated heterocycles. The Balaban J connectivity index is 3.37. The van der Waals surface area contributed by atoms with Crippen molar-refractivity contribution < 1.29 is 24.5 Å². The van der Waals surface area contributed by atoms with Gasteiger partial charge in [-0.05, 0) is 57.8 Å². The van der Waals surface area contributed by atoms with E-state index >= 15 is 0 Å². The van der Waals surface area contributed by atoms with Crippen LogP contribution in [-0.2, 0) is 14.3 Å². The molecule has 0 aromatic rings. The lowest BCUT2D eigenvalue weighted by Crippen LogP contribution is -2.45. The second-order valence-electron chi connectivity index (χ2n) is 22.8. The van der Waals surface area contributed by atoms with Crippen molar-refractivity contribution in [1.29, 1.82) is 0 Å². The summed E-state index contributed by atoms with van der Waals surface area (Å²) in [6.45, 7) is 4.95. The zero-order valence-corrected chi connectivity index (χ0v) is 49.4. The number of hydrogen-bond donors (Lipinski definition) is 3. The molecular weight excluding hydrogens is 899 g/mol. The molecule has 0 fully saturated rings. The number of allylic oxidation sites excluding steroid dienone is 4. The molecule has 0 radical (unpaired) electrons. The normalized spacial score (nSPS) is 12.7. The van der Waals surface area contributed by atoms with Crippen molar-refractivity contribution in [3.63, 3.8) is 0 Å². The van der Waals surface area contributed by atoms with Crippen LogP contribution < -0.4 is 5.32 Å². The number of aliphatic hydroxyl groups excluding tert-OH is 2. The van der Waals surface area contributed by atoms with E-state index in [1.165, 1.54) is 283 Å². The van der Waals surface area contributed by atoms with E-state index < -0.39 is 12.1 Å². The first-order valence-corrected chi connectivity index (χ1v) is 33.1. The summed E-state index contributed by atoms with van der Waals surface area (Å²) in [7, 11) is 0. The number of carbonyl (C=O) groups is 2. The van der Waals surface area contributed by atoms with Crippen LogP contribution >= 0.6 is 0 Å². The number of esters is 1. The van der Waals surface area contributed by atoms with E-state index in [0.29, 0.717) is 25.9 Å². The molecule has 0 rings (SSSR count). The van der Waals surface area contributed by atoms with E-state index in [1.807, 2.05) is 0 Å². The lowest BCUT2D eigenvalue weighted by atomic mass is 10.0. The van der Waals surface area contributed by atoms with E-state index in [1.54, 1.807) is 0 Å². The van der Waals surface area contributed by atoms with Gasteiger partial charge in [0.25, 0.3) is 0 Å². The van der Waals surface area contributed by atoms with Crippen molar-refractivity contribution in [3.05, 3.63) is 24.3 Å². The van der Waals surface area contributed by atoms with E-state index in [2.05, 4.69) is 43.5 Å². The van der Waals surface area contributed by atoms with E-state index in [4.69, 9.17) is 4.74 Å². The van der Waals surface area contributed by atoms with Gasteiger partial charge in [0.2, 0.25) is 5.91 Å². The van der Waals surface area contributed by atoms with E-state index in [0.717, 1.165) is 51.4 Å². The summed E-state index contributed by atoms with van der Waals surface area (Å²) in [4.78, 5) is 24.6. The molecule has 0 spiro atoms. The average Bonchev–Trinajstić information content (AvgIpc) is 3.39. The maximum Gasteiger partial charge on any atom is 0.305 e. The first-order chi connectivity index (χ1) is 36.0. The lowest BCUT2D eigenvalue weighted by Gasteiger charge is -2.22. The molecule has 0 aliphatic rings. The maximum absolute atomic E-state index is 12.5. The topological polar surface area (TPSA) is 95.9 Å². The monoisotopic (exact) mass is 1030 g/mol. The zero-order chi connectivity index (χ0) is 52.9. The molecule has 1 amide bonds. The molecule has 0 aliphatic heterocycles. The molecule has 0 bridgehead atoms. The van der Waals surface area contributed by atoms with Crippen LogP contribution in [0.1, 0.15) is 367 Å². The van der Waals surface area contributed by atoms with Crippen molar-refractivity contribution in [2.45, 2.75) is 379 Å². The summed E-state index contributed by atoms with van der Waals surface area (Å²) >= 11 is 0. The summed E-state index contributed by atoms with van der Waals surface area (Å²) < 4.78 is 5.48. The fraction of sp³-hybridized carbons (Fsp3) is 0.910. The molecule has 6 nitrogen and oxygen atoms in total. The SMILES string of the molecule is CCCCC/C=C\C/C=C\CCCCCCCC(=O)OCCCCCCCCCCCCCCCCCCCCCCCCCC(=O)NC(CO)C(O)CCCCCCCCCCCCCCCCCCCC. The van der Waals surface area contributed by atoms with Crippen LogP contribution in [0.5, 0.6) is 0 Å². The van der Waals surface area contributed by atoms with Gasteiger partial charge >= 0.3 is 5.97 Å². The molecule has 0 aliphatic carbocycles. The summed E-state index contributed by atoms with van der Waals surface area (Å²) in [6.07, 6.45) is 77.7. The van der Waals surface area contributed by atoms with Gasteiger partial charge in [0.15, 0.2) is 0 Å². The Bertz CT molecular complexity index is 1140. The van der Waals surface area contributed by atoms with Gasteiger partial charge in [-0.3, -0.25) is 9.59 Å². The van der Waals surface area contributed by atoms with Gasteiger partial charge in [-0.25, -0.2) is 0 Å². The Morgan fingerprint density at radius 2 is 0.685 bits per heavy atom.